The van der Waals surface area contributed by atoms with Crippen LogP contribution in [-0.2, 0) is 0 Å². The van der Waals surface area contributed by atoms with Crippen molar-refractivity contribution in [3.05, 3.63) is 35.5 Å². The minimum atomic E-state index is -0.250. The third-order valence-corrected chi connectivity index (χ3v) is 4.00. The summed E-state index contributed by atoms with van der Waals surface area (Å²) in [5.41, 5.74) is 1.71. The lowest BCUT2D eigenvalue weighted by Crippen LogP contribution is -2.25. The molecule has 0 aliphatic carbocycles. The van der Waals surface area contributed by atoms with Crippen LogP contribution in [0.2, 0.25) is 0 Å². The van der Waals surface area contributed by atoms with Gasteiger partial charge in [0.15, 0.2) is 5.13 Å². The summed E-state index contributed by atoms with van der Waals surface area (Å²) >= 11 is 4.77. The van der Waals surface area contributed by atoms with Gasteiger partial charge in [0.1, 0.15) is 16.3 Å². The SMILES string of the molecule is CC/C(=N\N=C(\C)Br)N(C)c1nc(-c2ccc(F)cc2)cs1. The Bertz CT molecular complexity index is 690. The van der Waals surface area contributed by atoms with Gasteiger partial charge in [-0.25, -0.2) is 9.37 Å². The standard InChI is InChI=1S/C15H16BrFN4S/c1-4-14(20-19-10(2)16)21(3)15-18-13(9-22-15)11-5-7-12(17)8-6-11/h5-9H,4H2,1-3H3/b19-10-,20-14+. The first-order valence-electron chi connectivity index (χ1n) is 6.73. The summed E-state index contributed by atoms with van der Waals surface area (Å²) in [6.45, 7) is 3.84. The maximum Gasteiger partial charge on any atom is 0.191 e. The minimum Gasteiger partial charge on any atom is -0.307 e. The molecule has 0 aliphatic heterocycles. The number of aromatic nitrogens is 1. The molecule has 1 aromatic heterocycles. The Morgan fingerprint density at radius 3 is 2.59 bits per heavy atom. The van der Waals surface area contributed by atoms with Crippen molar-refractivity contribution >= 4 is 42.9 Å². The molecule has 0 saturated heterocycles. The topological polar surface area (TPSA) is 40.9 Å². The molecule has 2 aromatic rings. The summed E-state index contributed by atoms with van der Waals surface area (Å²) in [4.78, 5) is 6.50. The number of amidine groups is 1. The van der Waals surface area contributed by atoms with Gasteiger partial charge in [0.2, 0.25) is 0 Å². The van der Waals surface area contributed by atoms with Crippen LogP contribution in [0.25, 0.3) is 11.3 Å². The molecule has 0 saturated carbocycles. The molecule has 0 spiro atoms. The highest BCUT2D eigenvalue weighted by Gasteiger charge is 2.12. The fourth-order valence-electron chi connectivity index (χ4n) is 1.78. The second-order valence-corrected chi connectivity index (χ2v) is 6.53. The van der Waals surface area contributed by atoms with Crippen LogP contribution in [0.3, 0.4) is 0 Å². The van der Waals surface area contributed by atoms with E-state index in [2.05, 4.69) is 31.1 Å². The first kappa shape index (κ1) is 16.8. The van der Waals surface area contributed by atoms with Gasteiger partial charge in [0.05, 0.1) is 5.69 Å². The third-order valence-electron chi connectivity index (χ3n) is 2.93. The molecule has 2 rings (SSSR count). The smallest absolute Gasteiger partial charge is 0.191 e. The summed E-state index contributed by atoms with van der Waals surface area (Å²) in [6.07, 6.45) is 0.742. The molecule has 7 heteroatoms. The first-order valence-corrected chi connectivity index (χ1v) is 8.40. The Balaban J connectivity index is 2.24. The predicted octanol–water partition coefficient (Wildman–Crippen LogP) is 4.92. The summed E-state index contributed by atoms with van der Waals surface area (Å²) in [7, 11) is 1.91. The number of anilines is 1. The molecule has 1 heterocycles. The lowest BCUT2D eigenvalue weighted by molar-refractivity contribution is 0.628. The van der Waals surface area contributed by atoms with E-state index < -0.39 is 0 Å². The number of halogens is 2. The largest absolute Gasteiger partial charge is 0.307 e. The van der Waals surface area contributed by atoms with Crippen LogP contribution < -0.4 is 4.90 Å². The Labute approximate surface area is 141 Å². The zero-order valence-corrected chi connectivity index (χ0v) is 14.9. The van der Waals surface area contributed by atoms with E-state index >= 15 is 0 Å². The van der Waals surface area contributed by atoms with E-state index in [-0.39, 0.29) is 5.82 Å². The molecule has 22 heavy (non-hydrogen) atoms. The number of rotatable bonds is 4. The molecular weight excluding hydrogens is 367 g/mol. The average molecular weight is 383 g/mol. The maximum atomic E-state index is 13.0. The summed E-state index contributed by atoms with van der Waals surface area (Å²) < 4.78 is 13.7. The minimum absolute atomic E-state index is 0.250. The molecule has 0 unspecified atom stereocenters. The monoisotopic (exact) mass is 382 g/mol. The lowest BCUT2D eigenvalue weighted by atomic mass is 10.2. The number of hydrogen-bond acceptors (Lipinski definition) is 4. The van der Waals surface area contributed by atoms with Crippen molar-refractivity contribution < 1.29 is 4.39 Å². The molecule has 1 aromatic carbocycles. The highest BCUT2D eigenvalue weighted by Crippen LogP contribution is 2.27. The zero-order valence-electron chi connectivity index (χ0n) is 12.5. The van der Waals surface area contributed by atoms with Gasteiger partial charge >= 0.3 is 0 Å². The first-order chi connectivity index (χ1) is 10.5. The quantitative estimate of drug-likeness (QED) is 0.427. The molecule has 0 bridgehead atoms. The second kappa shape index (κ2) is 7.60. The molecular formula is C15H16BrFN4S. The lowest BCUT2D eigenvalue weighted by Gasteiger charge is -2.15. The Kier molecular flexibility index (Phi) is 5.79. The van der Waals surface area contributed by atoms with Gasteiger partial charge in [-0.05, 0) is 47.1 Å². The third kappa shape index (κ3) is 4.20. The summed E-state index contributed by atoms with van der Waals surface area (Å²) in [6, 6.07) is 6.32. The van der Waals surface area contributed by atoms with Crippen LogP contribution in [0.1, 0.15) is 20.3 Å². The van der Waals surface area contributed by atoms with Crippen molar-refractivity contribution in [1.82, 2.24) is 4.98 Å². The van der Waals surface area contributed by atoms with Crippen LogP contribution >= 0.6 is 27.3 Å². The molecule has 0 amide bonds. The molecule has 0 N–H and O–H groups in total. The molecule has 0 fully saturated rings. The van der Waals surface area contributed by atoms with Crippen molar-refractivity contribution in [2.45, 2.75) is 20.3 Å². The van der Waals surface area contributed by atoms with Gasteiger partial charge in [-0.1, -0.05) is 6.92 Å². The van der Waals surface area contributed by atoms with Crippen LogP contribution in [0, 0.1) is 5.82 Å². The summed E-state index contributed by atoms with van der Waals surface area (Å²) in [5.74, 6) is 0.568. The Morgan fingerprint density at radius 2 is 2.00 bits per heavy atom. The zero-order chi connectivity index (χ0) is 16.1. The van der Waals surface area contributed by atoms with Crippen molar-refractivity contribution in [1.29, 1.82) is 0 Å². The highest BCUT2D eigenvalue weighted by atomic mass is 79.9. The van der Waals surface area contributed by atoms with Gasteiger partial charge in [0.25, 0.3) is 0 Å². The van der Waals surface area contributed by atoms with Crippen LogP contribution in [0.5, 0.6) is 0 Å². The van der Waals surface area contributed by atoms with Crippen molar-refractivity contribution in [2.75, 3.05) is 11.9 Å². The van der Waals surface area contributed by atoms with Crippen molar-refractivity contribution in [3.63, 3.8) is 0 Å². The number of nitrogens with zero attached hydrogens (tertiary/aromatic N) is 4. The van der Waals surface area contributed by atoms with Gasteiger partial charge in [0, 0.05) is 24.4 Å². The summed E-state index contributed by atoms with van der Waals surface area (Å²) in [5, 5.41) is 11.0. The van der Waals surface area contributed by atoms with Gasteiger partial charge < -0.3 is 4.90 Å². The van der Waals surface area contributed by atoms with Gasteiger partial charge in [-0.2, -0.15) is 0 Å². The fraction of sp³-hybridized carbons (Fsp3) is 0.267. The van der Waals surface area contributed by atoms with E-state index in [0.717, 1.165) is 33.3 Å². The Hall–Kier alpha value is -1.60. The van der Waals surface area contributed by atoms with Gasteiger partial charge in [-0.3, -0.25) is 0 Å². The molecule has 0 aliphatic rings. The van der Waals surface area contributed by atoms with Gasteiger partial charge in [-0.15, -0.1) is 21.5 Å². The molecule has 116 valence electrons. The second-order valence-electron chi connectivity index (χ2n) is 4.55. The highest BCUT2D eigenvalue weighted by molar-refractivity contribution is 9.18. The molecule has 4 nitrogen and oxygen atoms in total. The van der Waals surface area contributed by atoms with Crippen LogP contribution in [0.15, 0.2) is 39.8 Å². The molecule has 0 atom stereocenters. The maximum absolute atomic E-state index is 13.0. The van der Waals surface area contributed by atoms with E-state index in [0.29, 0.717) is 0 Å². The molecule has 0 radical (unpaired) electrons. The van der Waals surface area contributed by atoms with Crippen LogP contribution in [0.4, 0.5) is 9.52 Å². The van der Waals surface area contributed by atoms with E-state index in [1.165, 1.54) is 23.5 Å². The van der Waals surface area contributed by atoms with E-state index in [9.17, 15) is 4.39 Å². The van der Waals surface area contributed by atoms with Crippen molar-refractivity contribution in [3.8, 4) is 11.3 Å². The fourth-order valence-corrected chi connectivity index (χ4v) is 2.68. The number of benzene rings is 1. The van der Waals surface area contributed by atoms with Crippen LogP contribution in [-0.4, -0.2) is 22.5 Å². The average Bonchev–Trinajstić information content (AvgIpc) is 2.98. The van der Waals surface area contributed by atoms with E-state index in [1.54, 1.807) is 12.1 Å². The van der Waals surface area contributed by atoms with E-state index in [4.69, 9.17) is 0 Å². The Morgan fingerprint density at radius 1 is 1.32 bits per heavy atom. The number of thiazole rings is 1. The number of hydrogen-bond donors (Lipinski definition) is 0. The normalized spacial score (nSPS) is 12.6. The van der Waals surface area contributed by atoms with Crippen molar-refractivity contribution in [2.24, 2.45) is 10.2 Å². The van der Waals surface area contributed by atoms with E-state index in [1.807, 2.05) is 31.2 Å². The predicted molar refractivity (Wildman–Crippen MR) is 95.7 cm³/mol.